The molecule has 0 amide bonds. The number of aliphatic hydroxyl groups is 1. The molecule has 1 fully saturated rings. The minimum Gasteiger partial charge on any atom is -0.464 e. The fourth-order valence-electron chi connectivity index (χ4n) is 2.24. The van der Waals surface area contributed by atoms with Gasteiger partial charge in [-0.25, -0.2) is 0 Å². The van der Waals surface area contributed by atoms with Crippen LogP contribution in [-0.2, 0) is 11.3 Å². The van der Waals surface area contributed by atoms with Crippen LogP contribution in [0.2, 0.25) is 0 Å². The first-order chi connectivity index (χ1) is 7.78. The number of aryl methyl sites for hydroxylation is 1. The zero-order valence-electron chi connectivity index (χ0n) is 9.82. The van der Waals surface area contributed by atoms with Crippen LogP contribution >= 0.6 is 0 Å². The Kier molecular flexibility index (Phi) is 4.02. The van der Waals surface area contributed by atoms with Crippen molar-refractivity contribution < 1.29 is 14.3 Å². The lowest BCUT2D eigenvalue weighted by Gasteiger charge is -2.27. The molecular formula is C13H20O3. The third-order valence-corrected chi connectivity index (χ3v) is 3.31. The van der Waals surface area contributed by atoms with E-state index in [9.17, 15) is 0 Å². The number of hydrogen-bond acceptors (Lipinski definition) is 3. The van der Waals surface area contributed by atoms with Crippen molar-refractivity contribution >= 4 is 0 Å². The van der Waals surface area contributed by atoms with Crippen molar-refractivity contribution in [3.05, 3.63) is 23.7 Å². The molecule has 2 rings (SSSR count). The highest BCUT2D eigenvalue weighted by Crippen LogP contribution is 2.26. The first kappa shape index (κ1) is 11.7. The van der Waals surface area contributed by atoms with Crippen LogP contribution in [0.25, 0.3) is 0 Å². The molecule has 1 aromatic rings. The second-order valence-corrected chi connectivity index (χ2v) is 4.65. The van der Waals surface area contributed by atoms with Crippen LogP contribution in [0.1, 0.15) is 37.2 Å². The second-order valence-electron chi connectivity index (χ2n) is 4.65. The number of furan rings is 1. The molecular weight excluding hydrogens is 204 g/mol. The van der Waals surface area contributed by atoms with Gasteiger partial charge in [0.05, 0.1) is 6.10 Å². The summed E-state index contributed by atoms with van der Waals surface area (Å²) in [5.74, 6) is 2.33. The molecule has 1 heterocycles. The minimum atomic E-state index is 0.324. The van der Waals surface area contributed by atoms with E-state index < -0.39 is 0 Å². The van der Waals surface area contributed by atoms with Gasteiger partial charge in [-0.15, -0.1) is 0 Å². The summed E-state index contributed by atoms with van der Waals surface area (Å²) in [5.41, 5.74) is 0. The SMILES string of the molecule is Cc1ccc(COC2CCC(CO)CC2)o1. The molecule has 90 valence electrons. The Balaban J connectivity index is 1.71. The lowest BCUT2D eigenvalue weighted by Crippen LogP contribution is -2.23. The van der Waals surface area contributed by atoms with Crippen LogP contribution in [0.15, 0.2) is 16.5 Å². The molecule has 1 N–H and O–H groups in total. The van der Waals surface area contributed by atoms with Crippen LogP contribution in [0.4, 0.5) is 0 Å². The monoisotopic (exact) mass is 224 g/mol. The molecule has 0 spiro atoms. The lowest BCUT2D eigenvalue weighted by molar-refractivity contribution is -0.00579. The third kappa shape index (κ3) is 3.09. The van der Waals surface area contributed by atoms with Gasteiger partial charge in [0.1, 0.15) is 18.1 Å². The Bertz CT molecular complexity index is 311. The topological polar surface area (TPSA) is 42.6 Å². The summed E-state index contributed by atoms with van der Waals surface area (Å²) in [6.45, 7) is 2.84. The lowest BCUT2D eigenvalue weighted by atomic mass is 9.88. The Morgan fingerprint density at radius 3 is 2.62 bits per heavy atom. The Morgan fingerprint density at radius 2 is 2.06 bits per heavy atom. The number of rotatable bonds is 4. The second kappa shape index (κ2) is 5.51. The van der Waals surface area contributed by atoms with Crippen molar-refractivity contribution in [3.8, 4) is 0 Å². The van der Waals surface area contributed by atoms with E-state index in [1.807, 2.05) is 19.1 Å². The molecule has 3 heteroatoms. The minimum absolute atomic E-state index is 0.324. The van der Waals surface area contributed by atoms with E-state index in [-0.39, 0.29) is 0 Å². The summed E-state index contributed by atoms with van der Waals surface area (Å²) >= 11 is 0. The van der Waals surface area contributed by atoms with Crippen LogP contribution in [0.3, 0.4) is 0 Å². The number of aliphatic hydroxyl groups excluding tert-OH is 1. The predicted octanol–water partition coefficient (Wildman–Crippen LogP) is 2.66. The molecule has 0 unspecified atom stereocenters. The normalized spacial score (nSPS) is 25.9. The molecule has 0 atom stereocenters. The summed E-state index contributed by atoms with van der Waals surface area (Å²) in [7, 11) is 0. The summed E-state index contributed by atoms with van der Waals surface area (Å²) < 4.78 is 11.3. The van der Waals surface area contributed by atoms with Gasteiger partial charge in [-0.2, -0.15) is 0 Å². The van der Waals surface area contributed by atoms with Gasteiger partial charge < -0.3 is 14.3 Å². The standard InChI is InChI=1S/C13H20O3/c1-10-2-5-13(16-10)9-15-12-6-3-11(8-14)4-7-12/h2,5,11-12,14H,3-4,6-9H2,1H3. The van der Waals surface area contributed by atoms with Gasteiger partial charge in [0.15, 0.2) is 0 Å². The maximum atomic E-state index is 9.03. The van der Waals surface area contributed by atoms with Gasteiger partial charge in [0, 0.05) is 6.61 Å². The zero-order valence-corrected chi connectivity index (χ0v) is 9.82. The van der Waals surface area contributed by atoms with Gasteiger partial charge in [-0.3, -0.25) is 0 Å². The van der Waals surface area contributed by atoms with Gasteiger partial charge in [-0.1, -0.05) is 0 Å². The third-order valence-electron chi connectivity index (χ3n) is 3.31. The molecule has 16 heavy (non-hydrogen) atoms. The van der Waals surface area contributed by atoms with Gasteiger partial charge >= 0.3 is 0 Å². The molecule has 0 saturated heterocycles. The molecule has 3 nitrogen and oxygen atoms in total. The van der Waals surface area contributed by atoms with Crippen molar-refractivity contribution in [2.24, 2.45) is 5.92 Å². The maximum Gasteiger partial charge on any atom is 0.129 e. The van der Waals surface area contributed by atoms with E-state index in [4.69, 9.17) is 14.3 Å². The Hall–Kier alpha value is -0.800. The van der Waals surface area contributed by atoms with Gasteiger partial charge in [-0.05, 0) is 50.7 Å². The van der Waals surface area contributed by atoms with Crippen molar-refractivity contribution in [1.29, 1.82) is 0 Å². The average Bonchev–Trinajstić information content (AvgIpc) is 2.73. The molecule has 0 radical (unpaired) electrons. The zero-order chi connectivity index (χ0) is 11.4. The van der Waals surface area contributed by atoms with Crippen molar-refractivity contribution in [2.75, 3.05) is 6.61 Å². The molecule has 0 bridgehead atoms. The Morgan fingerprint density at radius 1 is 1.31 bits per heavy atom. The van der Waals surface area contributed by atoms with E-state index in [0.29, 0.717) is 25.2 Å². The smallest absolute Gasteiger partial charge is 0.129 e. The van der Waals surface area contributed by atoms with Gasteiger partial charge in [0.25, 0.3) is 0 Å². The maximum absolute atomic E-state index is 9.03. The summed E-state index contributed by atoms with van der Waals surface area (Å²) in [5, 5.41) is 9.03. The molecule has 1 aliphatic carbocycles. The van der Waals surface area contributed by atoms with E-state index >= 15 is 0 Å². The fraction of sp³-hybridized carbons (Fsp3) is 0.692. The molecule has 0 aliphatic heterocycles. The number of ether oxygens (including phenoxy) is 1. The highest BCUT2D eigenvalue weighted by molar-refractivity contribution is 5.04. The summed E-state index contributed by atoms with van der Waals surface area (Å²) in [4.78, 5) is 0. The van der Waals surface area contributed by atoms with Crippen LogP contribution in [-0.4, -0.2) is 17.8 Å². The van der Waals surface area contributed by atoms with Crippen LogP contribution in [0, 0.1) is 12.8 Å². The first-order valence-electron chi connectivity index (χ1n) is 6.05. The highest BCUT2D eigenvalue weighted by Gasteiger charge is 2.21. The van der Waals surface area contributed by atoms with Crippen molar-refractivity contribution in [2.45, 2.75) is 45.3 Å². The fourth-order valence-corrected chi connectivity index (χ4v) is 2.24. The van der Waals surface area contributed by atoms with E-state index in [2.05, 4.69) is 0 Å². The predicted molar refractivity (Wildman–Crippen MR) is 61.1 cm³/mol. The van der Waals surface area contributed by atoms with Gasteiger partial charge in [0.2, 0.25) is 0 Å². The molecule has 0 aromatic carbocycles. The Labute approximate surface area is 96.4 Å². The van der Waals surface area contributed by atoms with Crippen molar-refractivity contribution in [1.82, 2.24) is 0 Å². The van der Waals surface area contributed by atoms with Crippen LogP contribution in [0.5, 0.6) is 0 Å². The van der Waals surface area contributed by atoms with Crippen molar-refractivity contribution in [3.63, 3.8) is 0 Å². The van der Waals surface area contributed by atoms with E-state index in [1.54, 1.807) is 0 Å². The number of hydrogen-bond donors (Lipinski definition) is 1. The van der Waals surface area contributed by atoms with Crippen LogP contribution < -0.4 is 0 Å². The highest BCUT2D eigenvalue weighted by atomic mass is 16.5. The molecule has 1 aromatic heterocycles. The average molecular weight is 224 g/mol. The first-order valence-corrected chi connectivity index (χ1v) is 6.05. The van der Waals surface area contributed by atoms with E-state index in [0.717, 1.165) is 37.2 Å². The summed E-state index contributed by atoms with van der Waals surface area (Å²) in [6, 6.07) is 3.93. The summed E-state index contributed by atoms with van der Waals surface area (Å²) in [6.07, 6.45) is 4.63. The molecule has 1 saturated carbocycles. The quantitative estimate of drug-likeness (QED) is 0.855. The largest absolute Gasteiger partial charge is 0.464 e. The molecule has 1 aliphatic rings. The van der Waals surface area contributed by atoms with E-state index in [1.165, 1.54) is 0 Å².